The maximum Gasteiger partial charge on any atom is 0.0423 e. The summed E-state index contributed by atoms with van der Waals surface area (Å²) in [6, 6.07) is 0. The van der Waals surface area contributed by atoms with E-state index in [1.807, 2.05) is 7.05 Å². The van der Waals surface area contributed by atoms with Crippen LogP contribution in [0.5, 0.6) is 0 Å². The Morgan fingerprint density at radius 3 is 2.53 bits per heavy atom. The number of rotatable bonds is 6. The number of nitrogens with one attached hydrogen (secondary N) is 1. The topological polar surface area (TPSA) is 18.5 Å². The maximum absolute atomic E-state index is 4.47. The highest BCUT2D eigenvalue weighted by Gasteiger charge is 2.19. The molecule has 0 bridgehead atoms. The van der Waals surface area contributed by atoms with Gasteiger partial charge in [0.1, 0.15) is 0 Å². The molecule has 32 heavy (non-hydrogen) atoms. The van der Waals surface area contributed by atoms with Crippen LogP contribution in [-0.4, -0.2) is 50.1 Å². The predicted octanol–water partition coefficient (Wildman–Crippen LogP) is 6.38. The molecule has 0 aliphatic carbocycles. The highest BCUT2D eigenvalue weighted by Crippen LogP contribution is 2.28. The first-order valence-electron chi connectivity index (χ1n) is 12.3. The summed E-state index contributed by atoms with van der Waals surface area (Å²) in [6.45, 7) is 17.3. The Bertz CT molecular complexity index is 770. The lowest BCUT2D eigenvalue weighted by Crippen LogP contribution is -2.30. The molecule has 3 nitrogen and oxygen atoms in total. The molecule has 2 aliphatic rings. The smallest absolute Gasteiger partial charge is 0.0423 e. The van der Waals surface area contributed by atoms with Crippen molar-refractivity contribution in [1.29, 1.82) is 0 Å². The SMILES string of the molecule is C=C1/C=C\C/C=C\CCCCN(C(/C=C(\C)NC)=C/C=C(\C)C(=C)C2CCN(C)CC2)C1. The van der Waals surface area contributed by atoms with Gasteiger partial charge in [0.25, 0.3) is 0 Å². The summed E-state index contributed by atoms with van der Waals surface area (Å²) in [5.41, 5.74) is 6.14. The molecule has 1 saturated heterocycles. The van der Waals surface area contributed by atoms with Crippen LogP contribution in [0.3, 0.4) is 0 Å². The van der Waals surface area contributed by atoms with E-state index in [9.17, 15) is 0 Å². The second kappa shape index (κ2) is 14.0. The number of allylic oxidation sites excluding steroid dienone is 9. The fourth-order valence-electron chi connectivity index (χ4n) is 4.22. The predicted molar refractivity (Wildman–Crippen MR) is 141 cm³/mol. The Kier molecular flexibility index (Phi) is 11.4. The van der Waals surface area contributed by atoms with Gasteiger partial charge in [0, 0.05) is 31.5 Å². The summed E-state index contributed by atoms with van der Waals surface area (Å²) in [6.07, 6.45) is 22.7. The van der Waals surface area contributed by atoms with Crippen molar-refractivity contribution < 1.29 is 0 Å². The molecular weight excluding hydrogens is 390 g/mol. The molecule has 0 atom stereocenters. The van der Waals surface area contributed by atoms with E-state index >= 15 is 0 Å². The molecule has 176 valence electrons. The summed E-state index contributed by atoms with van der Waals surface area (Å²) in [4.78, 5) is 4.89. The lowest BCUT2D eigenvalue weighted by molar-refractivity contribution is 0.239. The van der Waals surface area contributed by atoms with Gasteiger partial charge < -0.3 is 15.1 Å². The van der Waals surface area contributed by atoms with Crippen LogP contribution in [0.1, 0.15) is 52.4 Å². The summed E-state index contributed by atoms with van der Waals surface area (Å²) in [5.74, 6) is 0.605. The van der Waals surface area contributed by atoms with Crippen LogP contribution >= 0.6 is 0 Å². The van der Waals surface area contributed by atoms with Crippen molar-refractivity contribution in [3.63, 3.8) is 0 Å². The van der Waals surface area contributed by atoms with Crippen molar-refractivity contribution in [2.24, 2.45) is 5.92 Å². The molecule has 3 heteroatoms. The average molecular weight is 436 g/mol. The molecule has 2 aliphatic heterocycles. The molecule has 0 aromatic heterocycles. The molecule has 0 spiro atoms. The van der Waals surface area contributed by atoms with Gasteiger partial charge in [-0.25, -0.2) is 0 Å². The number of hydrogen-bond acceptors (Lipinski definition) is 3. The maximum atomic E-state index is 4.47. The third-order valence-corrected chi connectivity index (χ3v) is 6.58. The van der Waals surface area contributed by atoms with E-state index in [0.717, 1.165) is 37.2 Å². The quantitative estimate of drug-likeness (QED) is 0.386. The minimum atomic E-state index is 0.605. The lowest BCUT2D eigenvalue weighted by atomic mass is 9.86. The largest absolute Gasteiger partial charge is 0.392 e. The van der Waals surface area contributed by atoms with Crippen LogP contribution in [0.4, 0.5) is 0 Å². The zero-order chi connectivity index (χ0) is 23.3. The molecule has 2 rings (SSSR count). The summed E-state index contributed by atoms with van der Waals surface area (Å²) >= 11 is 0. The fourth-order valence-corrected chi connectivity index (χ4v) is 4.22. The van der Waals surface area contributed by atoms with E-state index in [1.165, 1.54) is 55.6 Å². The van der Waals surface area contributed by atoms with E-state index in [-0.39, 0.29) is 0 Å². The number of hydrogen-bond donors (Lipinski definition) is 1. The Morgan fingerprint density at radius 2 is 1.81 bits per heavy atom. The molecule has 0 aromatic carbocycles. The highest BCUT2D eigenvalue weighted by molar-refractivity contribution is 5.36. The molecular formula is C29H45N3. The van der Waals surface area contributed by atoms with Gasteiger partial charge >= 0.3 is 0 Å². The zero-order valence-corrected chi connectivity index (χ0v) is 21.0. The zero-order valence-electron chi connectivity index (χ0n) is 21.0. The van der Waals surface area contributed by atoms with Crippen molar-refractivity contribution >= 4 is 0 Å². The van der Waals surface area contributed by atoms with Crippen molar-refractivity contribution in [2.45, 2.75) is 52.4 Å². The van der Waals surface area contributed by atoms with Crippen LogP contribution in [0.25, 0.3) is 0 Å². The molecule has 0 saturated carbocycles. The van der Waals surface area contributed by atoms with Crippen LogP contribution in [0.2, 0.25) is 0 Å². The molecule has 0 amide bonds. The molecule has 1 fully saturated rings. The molecule has 0 aromatic rings. The summed E-state index contributed by atoms with van der Waals surface area (Å²) in [7, 11) is 4.20. The van der Waals surface area contributed by atoms with Gasteiger partial charge in [-0.05, 0) is 107 Å². The van der Waals surface area contributed by atoms with E-state index in [2.05, 4.69) is 91.7 Å². The Hall–Kier alpha value is -2.26. The molecule has 0 unspecified atom stereocenters. The van der Waals surface area contributed by atoms with Crippen molar-refractivity contribution in [3.8, 4) is 0 Å². The third-order valence-electron chi connectivity index (χ3n) is 6.58. The van der Waals surface area contributed by atoms with Gasteiger partial charge in [-0.1, -0.05) is 43.5 Å². The van der Waals surface area contributed by atoms with Crippen molar-refractivity contribution in [3.05, 3.63) is 83.8 Å². The number of nitrogens with zero attached hydrogens (tertiary/aromatic N) is 2. The van der Waals surface area contributed by atoms with Gasteiger partial charge in [0.15, 0.2) is 0 Å². The van der Waals surface area contributed by atoms with Crippen LogP contribution in [-0.2, 0) is 0 Å². The van der Waals surface area contributed by atoms with E-state index in [0.29, 0.717) is 5.92 Å². The Balaban J connectivity index is 2.24. The van der Waals surface area contributed by atoms with Gasteiger partial charge in [-0.3, -0.25) is 0 Å². The normalized spacial score (nSPS) is 23.3. The van der Waals surface area contributed by atoms with E-state index in [1.54, 1.807) is 0 Å². The molecule has 2 heterocycles. The lowest BCUT2D eigenvalue weighted by Gasteiger charge is -2.30. The van der Waals surface area contributed by atoms with Gasteiger partial charge in [0.2, 0.25) is 0 Å². The Morgan fingerprint density at radius 1 is 1.06 bits per heavy atom. The van der Waals surface area contributed by atoms with Gasteiger partial charge in [-0.2, -0.15) is 0 Å². The van der Waals surface area contributed by atoms with Crippen LogP contribution in [0, 0.1) is 5.92 Å². The number of likely N-dealkylation sites (tertiary alicyclic amines) is 1. The van der Waals surface area contributed by atoms with Gasteiger partial charge in [0.05, 0.1) is 0 Å². The van der Waals surface area contributed by atoms with Crippen LogP contribution < -0.4 is 5.32 Å². The molecule has 1 N–H and O–H groups in total. The minimum Gasteiger partial charge on any atom is -0.392 e. The van der Waals surface area contributed by atoms with Crippen molar-refractivity contribution in [1.82, 2.24) is 15.1 Å². The third kappa shape index (κ3) is 9.08. The second-order valence-electron chi connectivity index (χ2n) is 9.31. The summed E-state index contributed by atoms with van der Waals surface area (Å²) in [5, 5.41) is 3.29. The summed E-state index contributed by atoms with van der Waals surface area (Å²) < 4.78 is 0. The van der Waals surface area contributed by atoms with E-state index < -0.39 is 0 Å². The highest BCUT2D eigenvalue weighted by atomic mass is 15.1. The first kappa shape index (κ1) is 26.0. The first-order valence-corrected chi connectivity index (χ1v) is 12.3. The average Bonchev–Trinajstić information content (AvgIpc) is 2.78. The second-order valence-corrected chi connectivity index (χ2v) is 9.31. The Labute approximate surface area is 197 Å². The van der Waals surface area contributed by atoms with Crippen molar-refractivity contribution in [2.75, 3.05) is 40.3 Å². The first-order chi connectivity index (χ1) is 15.4. The number of piperidine rings is 1. The molecule has 0 radical (unpaired) electrons. The minimum absolute atomic E-state index is 0.605. The van der Waals surface area contributed by atoms with Crippen LogP contribution in [0.15, 0.2) is 83.8 Å². The standard InChI is InChI=1S/C29H45N3/c1-24-14-12-10-8-7-9-11-13-19-32(23-24)29(22-26(3)30-5)16-15-25(2)27(4)28-17-20-31(6)21-18-28/h7-8,12,14-16,22,28,30H,1,4,9-11,13,17-21,23H2,2-3,5-6H3/b8-7-,14-12-,25-15+,26-22+,29-16+. The monoisotopic (exact) mass is 435 g/mol. The van der Waals surface area contributed by atoms with E-state index in [4.69, 9.17) is 0 Å². The fraction of sp³-hybridized carbons (Fsp3) is 0.517. The van der Waals surface area contributed by atoms with Gasteiger partial charge in [-0.15, -0.1) is 0 Å².